The zero-order valence-electron chi connectivity index (χ0n) is 11.4. The minimum absolute atomic E-state index is 0.202. The molecule has 3 heterocycles. The van der Waals surface area contributed by atoms with Crippen LogP contribution >= 0.6 is 45.6 Å². The van der Waals surface area contributed by atoms with E-state index in [2.05, 4.69) is 15.3 Å². The Morgan fingerprint density at radius 1 is 1.09 bits per heavy atom. The average Bonchev–Trinajstić information content (AvgIpc) is 3.25. The Morgan fingerprint density at radius 2 is 1.96 bits per heavy atom. The number of carbonyl (C=O) groups is 1. The highest BCUT2D eigenvalue weighted by Crippen LogP contribution is 2.32. The van der Waals surface area contributed by atoms with Crippen molar-refractivity contribution < 1.29 is 4.79 Å². The van der Waals surface area contributed by atoms with Crippen molar-refractivity contribution >= 4 is 66.9 Å². The summed E-state index contributed by atoms with van der Waals surface area (Å²) in [5, 5.41) is 6.09. The summed E-state index contributed by atoms with van der Waals surface area (Å²) in [5.41, 5.74) is 1.73. The van der Waals surface area contributed by atoms with Gasteiger partial charge in [0.05, 0.1) is 19.4 Å². The number of para-hydroxylation sites is 1. The van der Waals surface area contributed by atoms with Crippen molar-refractivity contribution in [1.29, 1.82) is 0 Å². The molecule has 4 aromatic rings. The minimum atomic E-state index is -0.202. The van der Waals surface area contributed by atoms with Gasteiger partial charge in [0.1, 0.15) is 10.7 Å². The standard InChI is InChI=1S/C15H8ClN3OS3/c16-12-6-5-11(22-12)13(20)19-15-18-9(7-21-15)14-17-8-3-1-2-4-10(8)23-14/h1-7H,(H,18,19,20). The number of amides is 1. The molecule has 114 valence electrons. The van der Waals surface area contributed by atoms with Crippen molar-refractivity contribution in [3.8, 4) is 10.7 Å². The van der Waals surface area contributed by atoms with Gasteiger partial charge in [-0.05, 0) is 24.3 Å². The lowest BCUT2D eigenvalue weighted by Gasteiger charge is -1.97. The number of thiazole rings is 2. The molecular weight excluding hydrogens is 370 g/mol. The molecule has 0 saturated heterocycles. The molecule has 23 heavy (non-hydrogen) atoms. The molecular formula is C15H8ClN3OS3. The summed E-state index contributed by atoms with van der Waals surface area (Å²) in [4.78, 5) is 21.7. The molecule has 0 aliphatic carbocycles. The van der Waals surface area contributed by atoms with Gasteiger partial charge in [0, 0.05) is 5.38 Å². The molecule has 8 heteroatoms. The molecule has 1 aromatic carbocycles. The number of hydrogen-bond donors (Lipinski definition) is 1. The van der Waals surface area contributed by atoms with Gasteiger partial charge in [0.25, 0.3) is 5.91 Å². The Labute approximate surface area is 148 Å². The molecule has 0 radical (unpaired) electrons. The molecule has 0 atom stereocenters. The van der Waals surface area contributed by atoms with Gasteiger partial charge < -0.3 is 0 Å². The summed E-state index contributed by atoms with van der Waals surface area (Å²) in [6.07, 6.45) is 0. The monoisotopic (exact) mass is 377 g/mol. The Kier molecular flexibility index (Phi) is 3.86. The van der Waals surface area contributed by atoms with Crippen LogP contribution in [-0.4, -0.2) is 15.9 Å². The molecule has 3 aromatic heterocycles. The van der Waals surface area contributed by atoms with Gasteiger partial charge in [-0.3, -0.25) is 10.1 Å². The van der Waals surface area contributed by atoms with Crippen molar-refractivity contribution in [2.45, 2.75) is 0 Å². The van der Waals surface area contributed by atoms with Crippen LogP contribution in [0.15, 0.2) is 41.8 Å². The first-order valence-corrected chi connectivity index (χ1v) is 9.46. The third kappa shape index (κ3) is 3.00. The fraction of sp³-hybridized carbons (Fsp3) is 0. The number of fused-ring (bicyclic) bond motifs is 1. The van der Waals surface area contributed by atoms with Gasteiger partial charge in [-0.15, -0.1) is 34.0 Å². The molecule has 0 unspecified atom stereocenters. The van der Waals surface area contributed by atoms with Crippen LogP contribution < -0.4 is 5.32 Å². The first-order valence-electron chi connectivity index (χ1n) is 6.57. The number of thiophene rings is 1. The second-order valence-electron chi connectivity index (χ2n) is 4.58. The molecule has 4 nitrogen and oxygen atoms in total. The van der Waals surface area contributed by atoms with Crippen LogP contribution in [0, 0.1) is 0 Å². The van der Waals surface area contributed by atoms with Gasteiger partial charge >= 0.3 is 0 Å². The molecule has 1 N–H and O–H groups in total. The summed E-state index contributed by atoms with van der Waals surface area (Å²) >= 11 is 10.1. The van der Waals surface area contributed by atoms with E-state index < -0.39 is 0 Å². The van der Waals surface area contributed by atoms with Crippen molar-refractivity contribution in [3.63, 3.8) is 0 Å². The third-order valence-electron chi connectivity index (χ3n) is 3.03. The van der Waals surface area contributed by atoms with Crippen LogP contribution in [-0.2, 0) is 0 Å². The molecule has 0 aliphatic heterocycles. The molecule has 0 aliphatic rings. The number of anilines is 1. The van der Waals surface area contributed by atoms with E-state index in [9.17, 15) is 4.79 Å². The van der Waals surface area contributed by atoms with Crippen molar-refractivity contribution in [2.75, 3.05) is 5.32 Å². The lowest BCUT2D eigenvalue weighted by atomic mass is 10.3. The van der Waals surface area contributed by atoms with Gasteiger partial charge in [-0.25, -0.2) is 9.97 Å². The molecule has 0 bridgehead atoms. The Hall–Kier alpha value is -1.80. The second-order valence-corrected chi connectivity index (χ2v) is 8.19. The lowest BCUT2D eigenvalue weighted by molar-refractivity contribution is 0.103. The zero-order chi connectivity index (χ0) is 15.8. The maximum Gasteiger partial charge on any atom is 0.267 e. The number of halogens is 1. The number of carbonyl (C=O) groups excluding carboxylic acids is 1. The highest BCUT2D eigenvalue weighted by molar-refractivity contribution is 7.22. The number of benzene rings is 1. The van der Waals surface area contributed by atoms with Gasteiger partial charge in [0.15, 0.2) is 5.13 Å². The maximum atomic E-state index is 12.1. The minimum Gasteiger partial charge on any atom is -0.297 e. The second kappa shape index (κ2) is 6.01. The Balaban J connectivity index is 1.57. The smallest absolute Gasteiger partial charge is 0.267 e. The fourth-order valence-electron chi connectivity index (χ4n) is 2.01. The maximum absolute atomic E-state index is 12.1. The van der Waals surface area contributed by atoms with Crippen LogP contribution in [0.4, 0.5) is 5.13 Å². The molecule has 4 rings (SSSR count). The van der Waals surface area contributed by atoms with E-state index in [-0.39, 0.29) is 5.91 Å². The van der Waals surface area contributed by atoms with Crippen LogP contribution in [0.5, 0.6) is 0 Å². The van der Waals surface area contributed by atoms with Gasteiger partial charge in [-0.2, -0.15) is 0 Å². The summed E-state index contributed by atoms with van der Waals surface area (Å²) < 4.78 is 1.71. The van der Waals surface area contributed by atoms with Crippen LogP contribution in [0.3, 0.4) is 0 Å². The normalized spacial score (nSPS) is 11.0. The van der Waals surface area contributed by atoms with Crippen molar-refractivity contribution in [3.05, 3.63) is 51.0 Å². The molecule has 0 saturated carbocycles. The summed E-state index contributed by atoms with van der Waals surface area (Å²) in [6.45, 7) is 0. The SMILES string of the molecule is O=C(Nc1nc(-c2nc3ccccc3s2)cs1)c1ccc(Cl)s1. The van der Waals surface area contributed by atoms with E-state index in [4.69, 9.17) is 11.6 Å². The topological polar surface area (TPSA) is 54.9 Å². The van der Waals surface area contributed by atoms with Crippen molar-refractivity contribution in [2.24, 2.45) is 0 Å². The van der Waals surface area contributed by atoms with Gasteiger partial charge in [0.2, 0.25) is 0 Å². The molecule has 1 amide bonds. The predicted molar refractivity (Wildman–Crippen MR) is 98.0 cm³/mol. The van der Waals surface area contributed by atoms with E-state index >= 15 is 0 Å². The van der Waals surface area contributed by atoms with E-state index in [1.807, 2.05) is 29.6 Å². The fourth-order valence-corrected chi connectivity index (χ4v) is 4.64. The van der Waals surface area contributed by atoms with Gasteiger partial charge in [-0.1, -0.05) is 23.7 Å². The quantitative estimate of drug-likeness (QED) is 0.521. The number of nitrogens with one attached hydrogen (secondary N) is 1. The van der Waals surface area contributed by atoms with E-state index in [1.54, 1.807) is 23.5 Å². The van der Waals surface area contributed by atoms with Crippen molar-refractivity contribution in [1.82, 2.24) is 9.97 Å². The molecule has 0 fully saturated rings. The van der Waals surface area contributed by atoms with E-state index in [0.717, 1.165) is 20.9 Å². The van der Waals surface area contributed by atoms with E-state index in [1.165, 1.54) is 22.7 Å². The summed E-state index contributed by atoms with van der Waals surface area (Å²) in [5.74, 6) is -0.202. The van der Waals surface area contributed by atoms with E-state index in [0.29, 0.717) is 14.3 Å². The number of rotatable bonds is 3. The third-order valence-corrected chi connectivity index (χ3v) is 6.08. The van der Waals surface area contributed by atoms with Crippen LogP contribution in [0.2, 0.25) is 4.34 Å². The first kappa shape index (κ1) is 14.8. The van der Waals surface area contributed by atoms with Crippen LogP contribution in [0.25, 0.3) is 20.9 Å². The zero-order valence-corrected chi connectivity index (χ0v) is 14.7. The number of nitrogens with zero attached hydrogens (tertiary/aromatic N) is 2. The Morgan fingerprint density at radius 3 is 2.74 bits per heavy atom. The average molecular weight is 378 g/mol. The molecule has 0 spiro atoms. The first-order chi connectivity index (χ1) is 11.2. The Bertz CT molecular complexity index is 971. The highest BCUT2D eigenvalue weighted by atomic mass is 35.5. The predicted octanol–water partition coefficient (Wildman–Crippen LogP) is 5.39. The summed E-state index contributed by atoms with van der Waals surface area (Å²) in [7, 11) is 0. The largest absolute Gasteiger partial charge is 0.297 e. The highest BCUT2D eigenvalue weighted by Gasteiger charge is 2.13. The summed E-state index contributed by atoms with van der Waals surface area (Å²) in [6, 6.07) is 11.4. The lowest BCUT2D eigenvalue weighted by Crippen LogP contribution is -2.09. The number of hydrogen-bond acceptors (Lipinski definition) is 6. The number of aromatic nitrogens is 2. The van der Waals surface area contributed by atoms with Crippen LogP contribution in [0.1, 0.15) is 9.67 Å².